The number of nitrogens with zero attached hydrogens (tertiary/aromatic N) is 3. The summed E-state index contributed by atoms with van der Waals surface area (Å²) in [7, 11) is 1.93. The fourth-order valence-corrected chi connectivity index (χ4v) is 2.90. The first-order chi connectivity index (χ1) is 9.20. The molecule has 0 saturated heterocycles. The van der Waals surface area contributed by atoms with Gasteiger partial charge in [-0.3, -0.25) is 4.68 Å². The Morgan fingerprint density at radius 2 is 2.05 bits per heavy atom. The lowest BCUT2D eigenvalue weighted by molar-refractivity contribution is 0.549. The highest BCUT2D eigenvalue weighted by Gasteiger charge is 2.14. The van der Waals surface area contributed by atoms with Crippen LogP contribution in [0.5, 0.6) is 0 Å². The molecule has 0 aliphatic heterocycles. The highest BCUT2D eigenvalue weighted by Crippen LogP contribution is 2.24. The molecule has 1 N–H and O–H groups in total. The minimum atomic E-state index is 0.274. The number of benzene rings is 1. The molecule has 0 bridgehead atoms. The van der Waals surface area contributed by atoms with E-state index in [-0.39, 0.29) is 6.04 Å². The van der Waals surface area contributed by atoms with Crippen molar-refractivity contribution in [1.29, 1.82) is 0 Å². The zero-order chi connectivity index (χ0) is 13.7. The van der Waals surface area contributed by atoms with E-state index in [1.807, 2.05) is 29.7 Å². The summed E-state index contributed by atoms with van der Waals surface area (Å²) in [6.45, 7) is 5.16. The van der Waals surface area contributed by atoms with Gasteiger partial charge in [0.25, 0.3) is 0 Å². The Labute approximate surface area is 118 Å². The van der Waals surface area contributed by atoms with E-state index in [4.69, 9.17) is 0 Å². The lowest BCUT2D eigenvalue weighted by Gasteiger charge is -2.17. The minimum Gasteiger partial charge on any atom is -0.308 e. The van der Waals surface area contributed by atoms with E-state index in [0.29, 0.717) is 0 Å². The predicted molar refractivity (Wildman–Crippen MR) is 79.3 cm³/mol. The number of hydrogen-bond donors (Lipinski definition) is 1. The van der Waals surface area contributed by atoms with E-state index in [1.165, 1.54) is 10.5 Å². The number of aromatic nitrogens is 3. The van der Waals surface area contributed by atoms with E-state index in [9.17, 15) is 0 Å². The van der Waals surface area contributed by atoms with Crippen molar-refractivity contribution in [3.63, 3.8) is 0 Å². The summed E-state index contributed by atoms with van der Waals surface area (Å²) in [6.07, 6.45) is 1.84. The predicted octanol–water partition coefficient (Wildman–Crippen LogP) is 2.57. The molecular formula is C14H20N4S. The van der Waals surface area contributed by atoms with Gasteiger partial charge in [0.2, 0.25) is 0 Å². The first-order valence-electron chi connectivity index (χ1n) is 6.48. The zero-order valence-electron chi connectivity index (χ0n) is 11.6. The van der Waals surface area contributed by atoms with Gasteiger partial charge in [0, 0.05) is 17.7 Å². The van der Waals surface area contributed by atoms with Gasteiger partial charge >= 0.3 is 0 Å². The van der Waals surface area contributed by atoms with Crippen LogP contribution in [0, 0.1) is 6.92 Å². The number of rotatable bonds is 6. The number of nitrogens with one attached hydrogen (secondary N) is 1. The van der Waals surface area contributed by atoms with Crippen molar-refractivity contribution in [3.8, 4) is 0 Å². The van der Waals surface area contributed by atoms with Crippen molar-refractivity contribution >= 4 is 11.8 Å². The van der Waals surface area contributed by atoms with Crippen molar-refractivity contribution < 1.29 is 0 Å². The van der Waals surface area contributed by atoms with Crippen molar-refractivity contribution in [2.75, 3.05) is 12.3 Å². The third-order valence-corrected chi connectivity index (χ3v) is 4.10. The van der Waals surface area contributed by atoms with Crippen LogP contribution in [0.2, 0.25) is 0 Å². The van der Waals surface area contributed by atoms with Gasteiger partial charge in [0.1, 0.15) is 0 Å². The standard InChI is InChI=1S/C14H20N4S/c1-4-15-13(14-9-16-17-18(14)3)10-19-12-7-5-11(2)6-8-12/h5-9,13,15H,4,10H2,1-3H3. The molecular weight excluding hydrogens is 256 g/mol. The molecule has 0 saturated carbocycles. The molecule has 1 aromatic carbocycles. The molecule has 4 nitrogen and oxygen atoms in total. The van der Waals surface area contributed by atoms with Gasteiger partial charge in [-0.15, -0.1) is 16.9 Å². The number of aryl methyl sites for hydroxylation is 2. The Balaban J connectivity index is 2.01. The van der Waals surface area contributed by atoms with E-state index in [1.54, 1.807) is 0 Å². The average molecular weight is 276 g/mol. The zero-order valence-corrected chi connectivity index (χ0v) is 12.4. The molecule has 0 fully saturated rings. The van der Waals surface area contributed by atoms with Crippen LogP contribution < -0.4 is 5.32 Å². The summed E-state index contributed by atoms with van der Waals surface area (Å²) in [5.41, 5.74) is 2.42. The van der Waals surface area contributed by atoms with Gasteiger partial charge in [-0.05, 0) is 25.6 Å². The molecule has 0 aliphatic rings. The molecule has 19 heavy (non-hydrogen) atoms. The quantitative estimate of drug-likeness (QED) is 0.824. The maximum Gasteiger partial charge on any atom is 0.0761 e. The minimum absolute atomic E-state index is 0.274. The molecule has 0 radical (unpaired) electrons. The summed E-state index contributed by atoms with van der Waals surface area (Å²) in [4.78, 5) is 1.30. The molecule has 5 heteroatoms. The maximum atomic E-state index is 4.00. The normalized spacial score (nSPS) is 12.6. The molecule has 0 aliphatic carbocycles. The fraction of sp³-hybridized carbons (Fsp3) is 0.429. The third-order valence-electron chi connectivity index (χ3n) is 2.99. The average Bonchev–Trinajstić information content (AvgIpc) is 2.83. The van der Waals surface area contributed by atoms with Crippen molar-refractivity contribution in [3.05, 3.63) is 41.7 Å². The highest BCUT2D eigenvalue weighted by molar-refractivity contribution is 7.99. The molecule has 102 valence electrons. The van der Waals surface area contributed by atoms with Gasteiger partial charge in [0.05, 0.1) is 17.9 Å². The molecule has 2 aromatic rings. The summed E-state index contributed by atoms with van der Waals surface area (Å²) in [5, 5.41) is 11.4. The fourth-order valence-electron chi connectivity index (χ4n) is 1.92. The number of hydrogen-bond acceptors (Lipinski definition) is 4. The highest BCUT2D eigenvalue weighted by atomic mass is 32.2. The summed E-state index contributed by atoms with van der Waals surface area (Å²) >= 11 is 1.85. The second-order valence-electron chi connectivity index (χ2n) is 4.52. The van der Waals surface area contributed by atoms with E-state index in [0.717, 1.165) is 18.0 Å². The Morgan fingerprint density at radius 1 is 1.32 bits per heavy atom. The van der Waals surface area contributed by atoms with Gasteiger partial charge in [-0.2, -0.15) is 0 Å². The molecule has 2 rings (SSSR count). The van der Waals surface area contributed by atoms with Crippen LogP contribution in [0.1, 0.15) is 24.2 Å². The molecule has 1 heterocycles. The summed E-state index contributed by atoms with van der Waals surface area (Å²) < 4.78 is 1.84. The Kier molecular flexibility index (Phi) is 4.99. The van der Waals surface area contributed by atoms with Crippen LogP contribution in [0.4, 0.5) is 0 Å². The molecule has 1 aromatic heterocycles. The number of thioether (sulfide) groups is 1. The summed E-state index contributed by atoms with van der Waals surface area (Å²) in [6, 6.07) is 8.91. The van der Waals surface area contributed by atoms with Crippen LogP contribution in [0.25, 0.3) is 0 Å². The largest absolute Gasteiger partial charge is 0.308 e. The molecule has 1 atom stereocenters. The monoisotopic (exact) mass is 276 g/mol. The first-order valence-corrected chi connectivity index (χ1v) is 7.46. The topological polar surface area (TPSA) is 42.7 Å². The molecule has 0 spiro atoms. The SMILES string of the molecule is CCNC(CSc1ccc(C)cc1)c1cnnn1C. The van der Waals surface area contributed by atoms with Crippen LogP contribution in [-0.4, -0.2) is 27.3 Å². The molecule has 1 unspecified atom stereocenters. The Morgan fingerprint density at radius 3 is 2.63 bits per heavy atom. The summed E-state index contributed by atoms with van der Waals surface area (Å²) in [5.74, 6) is 0.970. The molecule has 0 amide bonds. The van der Waals surface area contributed by atoms with E-state index >= 15 is 0 Å². The van der Waals surface area contributed by atoms with Gasteiger partial charge < -0.3 is 5.32 Å². The van der Waals surface area contributed by atoms with Gasteiger partial charge in [0.15, 0.2) is 0 Å². The maximum absolute atomic E-state index is 4.00. The lowest BCUT2D eigenvalue weighted by atomic mass is 10.2. The van der Waals surface area contributed by atoms with Gasteiger partial charge in [-0.25, -0.2) is 0 Å². The van der Waals surface area contributed by atoms with Crippen molar-refractivity contribution in [2.24, 2.45) is 7.05 Å². The van der Waals surface area contributed by atoms with E-state index in [2.05, 4.69) is 53.7 Å². The van der Waals surface area contributed by atoms with Crippen LogP contribution in [-0.2, 0) is 7.05 Å². The van der Waals surface area contributed by atoms with Crippen LogP contribution in [0.3, 0.4) is 0 Å². The lowest BCUT2D eigenvalue weighted by Crippen LogP contribution is -2.25. The third kappa shape index (κ3) is 3.81. The van der Waals surface area contributed by atoms with Gasteiger partial charge in [-0.1, -0.05) is 29.8 Å². The van der Waals surface area contributed by atoms with Crippen molar-refractivity contribution in [2.45, 2.75) is 24.8 Å². The Bertz CT molecular complexity index is 506. The van der Waals surface area contributed by atoms with E-state index < -0.39 is 0 Å². The smallest absolute Gasteiger partial charge is 0.0761 e. The second-order valence-corrected chi connectivity index (χ2v) is 5.61. The van der Waals surface area contributed by atoms with Crippen LogP contribution >= 0.6 is 11.8 Å². The van der Waals surface area contributed by atoms with Crippen LogP contribution in [0.15, 0.2) is 35.4 Å². The van der Waals surface area contributed by atoms with Crippen molar-refractivity contribution in [1.82, 2.24) is 20.3 Å². The first kappa shape index (κ1) is 14.1. The Hall–Kier alpha value is -1.33. The second kappa shape index (κ2) is 6.73.